The summed E-state index contributed by atoms with van der Waals surface area (Å²) in [7, 11) is 3.22. The van der Waals surface area contributed by atoms with E-state index in [1.165, 1.54) is 0 Å². The first-order valence-corrected chi connectivity index (χ1v) is 8.65. The molecule has 6 heteroatoms. The van der Waals surface area contributed by atoms with Crippen molar-refractivity contribution < 1.29 is 14.3 Å². The van der Waals surface area contributed by atoms with Crippen molar-refractivity contribution in [2.75, 3.05) is 20.8 Å². The Bertz CT molecular complexity index is 703. The van der Waals surface area contributed by atoms with Gasteiger partial charge in [-0.2, -0.15) is 5.10 Å². The van der Waals surface area contributed by atoms with Crippen LogP contribution in [0.2, 0.25) is 0 Å². The minimum absolute atomic E-state index is 0.0217. The number of carbonyl (C=O) groups is 1. The van der Waals surface area contributed by atoms with E-state index >= 15 is 0 Å². The number of rotatable bonds is 5. The van der Waals surface area contributed by atoms with Gasteiger partial charge in [-0.3, -0.25) is 9.48 Å². The fourth-order valence-corrected chi connectivity index (χ4v) is 3.46. The van der Waals surface area contributed by atoms with Crippen LogP contribution in [0, 0.1) is 6.92 Å². The van der Waals surface area contributed by atoms with Crippen molar-refractivity contribution in [1.82, 2.24) is 14.7 Å². The number of likely N-dealkylation sites (tertiary alicyclic amines) is 1. The quantitative estimate of drug-likeness (QED) is 0.838. The van der Waals surface area contributed by atoms with Crippen molar-refractivity contribution in [1.29, 1.82) is 0 Å². The van der Waals surface area contributed by atoms with Gasteiger partial charge in [0.25, 0.3) is 5.91 Å². The molecule has 6 nitrogen and oxygen atoms in total. The topological polar surface area (TPSA) is 56.6 Å². The van der Waals surface area contributed by atoms with Gasteiger partial charge in [-0.15, -0.1) is 0 Å². The largest absolute Gasteiger partial charge is 0.496 e. The van der Waals surface area contributed by atoms with E-state index in [1.807, 2.05) is 28.8 Å². The van der Waals surface area contributed by atoms with Crippen LogP contribution in [-0.2, 0) is 6.54 Å². The van der Waals surface area contributed by atoms with E-state index in [-0.39, 0.29) is 11.9 Å². The Labute approximate surface area is 148 Å². The van der Waals surface area contributed by atoms with Gasteiger partial charge in [-0.05, 0) is 44.4 Å². The second kappa shape index (κ2) is 7.59. The van der Waals surface area contributed by atoms with Gasteiger partial charge in [0.15, 0.2) is 0 Å². The zero-order valence-corrected chi connectivity index (χ0v) is 15.1. The highest BCUT2D eigenvalue weighted by molar-refractivity contribution is 5.95. The third-order valence-corrected chi connectivity index (χ3v) is 4.84. The van der Waals surface area contributed by atoms with Crippen LogP contribution in [0.5, 0.6) is 11.5 Å². The summed E-state index contributed by atoms with van der Waals surface area (Å²) in [4.78, 5) is 15.1. The maximum absolute atomic E-state index is 13.2. The molecule has 1 aliphatic heterocycles. The van der Waals surface area contributed by atoms with E-state index in [0.717, 1.165) is 37.9 Å². The third-order valence-electron chi connectivity index (χ3n) is 4.84. The molecule has 2 heterocycles. The summed E-state index contributed by atoms with van der Waals surface area (Å²) < 4.78 is 12.7. The van der Waals surface area contributed by atoms with Crippen LogP contribution in [0.1, 0.15) is 35.2 Å². The van der Waals surface area contributed by atoms with Gasteiger partial charge < -0.3 is 14.4 Å². The third kappa shape index (κ3) is 3.62. The fraction of sp³-hybridized carbons (Fsp3) is 0.474. The summed E-state index contributed by atoms with van der Waals surface area (Å²) in [6.45, 7) is 3.41. The lowest BCUT2D eigenvalue weighted by Crippen LogP contribution is -2.46. The minimum atomic E-state index is 0.0217. The van der Waals surface area contributed by atoms with Gasteiger partial charge in [0.1, 0.15) is 11.5 Å². The molecule has 0 spiro atoms. The highest BCUT2D eigenvalue weighted by Gasteiger charge is 2.28. The Kier molecular flexibility index (Phi) is 5.26. The first kappa shape index (κ1) is 17.3. The van der Waals surface area contributed by atoms with E-state index in [4.69, 9.17) is 9.47 Å². The lowest BCUT2D eigenvalue weighted by molar-refractivity contribution is 0.0583. The van der Waals surface area contributed by atoms with Gasteiger partial charge in [0, 0.05) is 30.1 Å². The standard InChI is InChI=1S/C19H25N3O3/c1-14-17(24-2)11-15(12-18(14)25-3)19(23)22-10-5-4-7-16(22)13-21-9-6-8-20-21/h6,8-9,11-12,16H,4-5,7,10,13H2,1-3H3/t16-/m0/s1. The molecule has 1 aliphatic rings. The molecule has 0 radical (unpaired) electrons. The number of ether oxygens (including phenoxy) is 2. The molecule has 0 aliphatic carbocycles. The normalized spacial score (nSPS) is 17.4. The van der Waals surface area contributed by atoms with E-state index in [2.05, 4.69) is 5.10 Å². The summed E-state index contributed by atoms with van der Waals surface area (Å²) in [6, 6.07) is 5.67. The van der Waals surface area contributed by atoms with Crippen LogP contribution in [-0.4, -0.2) is 47.4 Å². The van der Waals surface area contributed by atoms with Crippen LogP contribution in [0.3, 0.4) is 0 Å². The molecule has 1 fully saturated rings. The van der Waals surface area contributed by atoms with Crippen molar-refractivity contribution in [2.45, 2.75) is 38.8 Å². The SMILES string of the molecule is COc1cc(C(=O)N2CCCC[C@H]2Cn2cccn2)cc(OC)c1C. The minimum Gasteiger partial charge on any atom is -0.496 e. The van der Waals surface area contributed by atoms with Gasteiger partial charge in [0.2, 0.25) is 0 Å². The number of hydrogen-bond donors (Lipinski definition) is 0. The van der Waals surface area contributed by atoms with Crippen molar-refractivity contribution in [3.05, 3.63) is 41.7 Å². The summed E-state index contributed by atoms with van der Waals surface area (Å²) >= 11 is 0. The molecule has 0 bridgehead atoms. The molecule has 1 aromatic heterocycles. The lowest BCUT2D eigenvalue weighted by atomic mass is 10.00. The average Bonchev–Trinajstić information content (AvgIpc) is 3.15. The summed E-state index contributed by atoms with van der Waals surface area (Å²) in [5.41, 5.74) is 1.50. The number of hydrogen-bond acceptors (Lipinski definition) is 4. The van der Waals surface area contributed by atoms with Crippen molar-refractivity contribution >= 4 is 5.91 Å². The summed E-state index contributed by atoms with van der Waals surface area (Å²) in [5, 5.41) is 4.28. The Morgan fingerprint density at radius 2 is 1.96 bits per heavy atom. The highest BCUT2D eigenvalue weighted by Crippen LogP contribution is 2.31. The maximum atomic E-state index is 13.2. The van der Waals surface area contributed by atoms with Crippen LogP contribution in [0.4, 0.5) is 0 Å². The summed E-state index contributed by atoms with van der Waals surface area (Å²) in [5.74, 6) is 1.36. The number of carbonyl (C=O) groups excluding carboxylic acids is 1. The number of benzene rings is 1. The second-order valence-electron chi connectivity index (χ2n) is 6.38. The van der Waals surface area contributed by atoms with Crippen LogP contribution >= 0.6 is 0 Å². The molecule has 0 N–H and O–H groups in total. The van der Waals surface area contributed by atoms with Gasteiger partial charge in [-0.1, -0.05) is 0 Å². The first-order valence-electron chi connectivity index (χ1n) is 8.65. The van der Waals surface area contributed by atoms with E-state index in [0.29, 0.717) is 17.1 Å². The Morgan fingerprint density at radius 3 is 2.56 bits per heavy atom. The molecule has 1 saturated heterocycles. The molecule has 1 amide bonds. The lowest BCUT2D eigenvalue weighted by Gasteiger charge is -2.36. The Morgan fingerprint density at radius 1 is 1.24 bits per heavy atom. The smallest absolute Gasteiger partial charge is 0.254 e. The number of aromatic nitrogens is 2. The second-order valence-corrected chi connectivity index (χ2v) is 6.38. The number of amides is 1. The van der Waals surface area contributed by atoms with Crippen LogP contribution in [0.25, 0.3) is 0 Å². The molecule has 134 valence electrons. The number of piperidine rings is 1. The van der Waals surface area contributed by atoms with Gasteiger partial charge >= 0.3 is 0 Å². The predicted octanol–water partition coefficient (Wildman–Crippen LogP) is 2.90. The molecule has 3 rings (SSSR count). The van der Waals surface area contributed by atoms with Gasteiger partial charge in [-0.25, -0.2) is 0 Å². The van der Waals surface area contributed by atoms with Gasteiger partial charge in [0.05, 0.1) is 26.8 Å². The highest BCUT2D eigenvalue weighted by atomic mass is 16.5. The summed E-state index contributed by atoms with van der Waals surface area (Å²) in [6.07, 6.45) is 6.86. The van der Waals surface area contributed by atoms with Crippen LogP contribution in [0.15, 0.2) is 30.6 Å². The molecular weight excluding hydrogens is 318 g/mol. The van der Waals surface area contributed by atoms with E-state index < -0.39 is 0 Å². The molecule has 1 aromatic carbocycles. The first-order chi connectivity index (χ1) is 12.1. The fourth-order valence-electron chi connectivity index (χ4n) is 3.46. The molecule has 25 heavy (non-hydrogen) atoms. The van der Waals surface area contributed by atoms with E-state index in [1.54, 1.807) is 32.5 Å². The Hall–Kier alpha value is -2.50. The van der Waals surface area contributed by atoms with Crippen LogP contribution < -0.4 is 9.47 Å². The van der Waals surface area contributed by atoms with Crippen molar-refractivity contribution in [3.63, 3.8) is 0 Å². The molecule has 0 unspecified atom stereocenters. The zero-order valence-electron chi connectivity index (χ0n) is 15.1. The predicted molar refractivity (Wildman–Crippen MR) is 95.2 cm³/mol. The number of nitrogens with zero attached hydrogens (tertiary/aromatic N) is 3. The monoisotopic (exact) mass is 343 g/mol. The van der Waals surface area contributed by atoms with E-state index in [9.17, 15) is 4.79 Å². The molecular formula is C19H25N3O3. The Balaban J connectivity index is 1.87. The molecule has 0 saturated carbocycles. The maximum Gasteiger partial charge on any atom is 0.254 e. The number of methoxy groups -OCH3 is 2. The zero-order chi connectivity index (χ0) is 17.8. The average molecular weight is 343 g/mol. The molecule has 2 aromatic rings. The molecule has 1 atom stereocenters. The van der Waals surface area contributed by atoms with Crippen molar-refractivity contribution in [2.24, 2.45) is 0 Å². The van der Waals surface area contributed by atoms with Crippen molar-refractivity contribution in [3.8, 4) is 11.5 Å².